The van der Waals surface area contributed by atoms with Gasteiger partial charge in [-0.1, -0.05) is 72.8 Å². The summed E-state index contributed by atoms with van der Waals surface area (Å²) < 4.78 is 13.1. The number of nitrogens with one attached hydrogen (secondary N) is 1. The largest absolute Gasteiger partial charge is 0.365 e. The highest BCUT2D eigenvalue weighted by Crippen LogP contribution is 2.27. The molecule has 0 aliphatic carbocycles. The van der Waals surface area contributed by atoms with Crippen molar-refractivity contribution in [2.24, 2.45) is 5.73 Å². The third kappa shape index (κ3) is 4.64. The normalized spacial score (nSPS) is 15.3. The first-order valence-corrected chi connectivity index (χ1v) is 11.7. The highest BCUT2D eigenvalue weighted by Gasteiger charge is 2.51. The van der Waals surface area contributed by atoms with Crippen LogP contribution in [0.25, 0.3) is 16.9 Å². The molecule has 1 atom stereocenters. The van der Waals surface area contributed by atoms with Crippen LogP contribution in [-0.4, -0.2) is 46.6 Å². The molecule has 3 aromatic carbocycles. The van der Waals surface area contributed by atoms with Crippen molar-refractivity contribution in [1.29, 1.82) is 0 Å². The molecule has 0 bridgehead atoms. The molecule has 3 N–H and O–H groups in total. The molecule has 2 amide bonds. The molecule has 1 aromatic heterocycles. The Morgan fingerprint density at radius 3 is 2.25 bits per heavy atom. The lowest BCUT2D eigenvalue weighted by Gasteiger charge is -2.33. The first-order chi connectivity index (χ1) is 17.6. The third-order valence-electron chi connectivity index (χ3n) is 6.16. The second-order valence-electron chi connectivity index (χ2n) is 8.47. The number of nitrogens with two attached hydrogens (primary N) is 1. The number of hydrogen-bond donors (Lipinski definition) is 2. The minimum atomic E-state index is -1.76. The summed E-state index contributed by atoms with van der Waals surface area (Å²) in [5.41, 5.74) is 9.36. The summed E-state index contributed by atoms with van der Waals surface area (Å²) in [4.78, 5) is 26.1. The summed E-state index contributed by atoms with van der Waals surface area (Å²) in [5.74, 6) is -2.94. The van der Waals surface area contributed by atoms with E-state index in [0.29, 0.717) is 11.3 Å². The summed E-state index contributed by atoms with van der Waals surface area (Å²) in [7, 11) is 0. The van der Waals surface area contributed by atoms with Gasteiger partial charge in [-0.15, -0.1) is 0 Å². The van der Waals surface area contributed by atoms with Gasteiger partial charge in [0.15, 0.2) is 0 Å². The molecule has 36 heavy (non-hydrogen) atoms. The van der Waals surface area contributed by atoms with Crippen LogP contribution < -0.4 is 11.1 Å². The molecule has 4 aromatic rings. The van der Waals surface area contributed by atoms with Gasteiger partial charge in [0.25, 0.3) is 17.6 Å². The van der Waals surface area contributed by atoms with Gasteiger partial charge < -0.3 is 20.5 Å². The molecule has 1 aliphatic rings. The number of carbonyl (C=O) groups is 2. The SMILES string of the molecule is NC(=O)C1(C(Cc2ccccc2)NC(=O)c2ccccc2-n2ccc(-c3ccccc3)n2)OCCO1. The molecule has 1 aliphatic heterocycles. The fourth-order valence-electron chi connectivity index (χ4n) is 4.40. The third-order valence-corrected chi connectivity index (χ3v) is 6.16. The van der Waals surface area contributed by atoms with Gasteiger partial charge in [0.2, 0.25) is 0 Å². The van der Waals surface area contributed by atoms with Crippen LogP contribution in [0.4, 0.5) is 0 Å². The lowest BCUT2D eigenvalue weighted by Crippen LogP contribution is -2.61. The maximum absolute atomic E-state index is 13.6. The summed E-state index contributed by atoms with van der Waals surface area (Å²) in [5, 5.41) is 7.64. The molecule has 8 heteroatoms. The van der Waals surface area contributed by atoms with Crippen LogP contribution in [0, 0.1) is 0 Å². The molecule has 0 spiro atoms. The van der Waals surface area contributed by atoms with Crippen molar-refractivity contribution in [2.45, 2.75) is 18.2 Å². The quantitative estimate of drug-likeness (QED) is 0.401. The fraction of sp³-hybridized carbons (Fsp3) is 0.179. The van der Waals surface area contributed by atoms with Crippen LogP contribution >= 0.6 is 0 Å². The molecule has 1 unspecified atom stereocenters. The molecule has 1 fully saturated rings. The maximum Gasteiger partial charge on any atom is 0.280 e. The van der Waals surface area contributed by atoms with Crippen LogP contribution in [0.5, 0.6) is 0 Å². The van der Waals surface area contributed by atoms with Gasteiger partial charge in [0.05, 0.1) is 36.2 Å². The summed E-state index contributed by atoms with van der Waals surface area (Å²) in [6, 6.07) is 27.5. The molecule has 1 saturated heterocycles. The number of nitrogens with zero attached hydrogens (tertiary/aromatic N) is 2. The number of aromatic nitrogens is 2. The number of amides is 2. The molecular formula is C28H26N4O4. The molecule has 2 heterocycles. The average Bonchev–Trinajstić information content (AvgIpc) is 3.61. The average molecular weight is 483 g/mol. The monoisotopic (exact) mass is 482 g/mol. The Labute approximate surface area is 208 Å². The minimum Gasteiger partial charge on any atom is -0.365 e. The van der Waals surface area contributed by atoms with Gasteiger partial charge in [0, 0.05) is 11.8 Å². The van der Waals surface area contributed by atoms with Crippen LogP contribution in [0.3, 0.4) is 0 Å². The van der Waals surface area contributed by atoms with Gasteiger partial charge >= 0.3 is 0 Å². The smallest absolute Gasteiger partial charge is 0.280 e. The molecule has 8 nitrogen and oxygen atoms in total. The van der Waals surface area contributed by atoms with Gasteiger partial charge in [-0.25, -0.2) is 4.68 Å². The summed E-state index contributed by atoms with van der Waals surface area (Å²) >= 11 is 0. The van der Waals surface area contributed by atoms with Crippen molar-refractivity contribution >= 4 is 11.8 Å². The number of benzene rings is 3. The Hall–Kier alpha value is -4.27. The van der Waals surface area contributed by atoms with Gasteiger partial charge in [0.1, 0.15) is 0 Å². The number of ether oxygens (including phenoxy) is 2. The predicted molar refractivity (Wildman–Crippen MR) is 134 cm³/mol. The van der Waals surface area contributed by atoms with E-state index in [9.17, 15) is 9.59 Å². The molecule has 5 rings (SSSR count). The second kappa shape index (κ2) is 10.2. The first kappa shape index (κ1) is 23.5. The Morgan fingerprint density at radius 1 is 0.917 bits per heavy atom. The van der Waals surface area contributed by atoms with E-state index in [1.165, 1.54) is 0 Å². The minimum absolute atomic E-state index is 0.205. The van der Waals surface area contributed by atoms with E-state index >= 15 is 0 Å². The van der Waals surface area contributed by atoms with Crippen LogP contribution in [0.2, 0.25) is 0 Å². The van der Waals surface area contributed by atoms with Crippen LogP contribution in [0.15, 0.2) is 97.2 Å². The number of primary amides is 1. The number of rotatable bonds is 8. The standard InChI is InChI=1S/C28H26N4O4/c29-27(34)28(35-17-18-36-28)25(19-20-9-3-1-4-10-20)30-26(33)22-13-7-8-14-24(22)32-16-15-23(31-32)21-11-5-2-6-12-21/h1-16,25H,17-19H2,(H2,29,34)(H,30,33). The summed E-state index contributed by atoms with van der Waals surface area (Å²) in [6.45, 7) is 0.409. The van der Waals surface area contributed by atoms with Crippen molar-refractivity contribution in [3.05, 3.63) is 108 Å². The van der Waals surface area contributed by atoms with Crippen LogP contribution in [0.1, 0.15) is 15.9 Å². The van der Waals surface area contributed by atoms with E-state index in [-0.39, 0.29) is 19.6 Å². The highest BCUT2D eigenvalue weighted by molar-refractivity contribution is 5.98. The molecule has 182 valence electrons. The molecule has 0 saturated carbocycles. The Bertz CT molecular complexity index is 1350. The lowest BCUT2D eigenvalue weighted by molar-refractivity contribution is -0.189. The Morgan fingerprint density at radius 2 is 1.56 bits per heavy atom. The van der Waals surface area contributed by atoms with E-state index in [0.717, 1.165) is 16.8 Å². The fourth-order valence-corrected chi connectivity index (χ4v) is 4.40. The zero-order valence-corrected chi connectivity index (χ0v) is 19.5. The van der Waals surface area contributed by atoms with E-state index in [1.807, 2.05) is 85.1 Å². The zero-order valence-electron chi connectivity index (χ0n) is 19.5. The van der Waals surface area contributed by atoms with E-state index in [1.54, 1.807) is 16.8 Å². The topological polar surface area (TPSA) is 108 Å². The number of para-hydroxylation sites is 1. The van der Waals surface area contributed by atoms with Crippen molar-refractivity contribution in [2.75, 3.05) is 13.2 Å². The van der Waals surface area contributed by atoms with Crippen LogP contribution in [-0.2, 0) is 20.7 Å². The first-order valence-electron chi connectivity index (χ1n) is 11.7. The molecular weight excluding hydrogens is 456 g/mol. The van der Waals surface area contributed by atoms with Gasteiger partial charge in [-0.3, -0.25) is 9.59 Å². The van der Waals surface area contributed by atoms with Crippen molar-refractivity contribution in [3.8, 4) is 16.9 Å². The highest BCUT2D eigenvalue weighted by atomic mass is 16.7. The molecule has 0 radical (unpaired) electrons. The zero-order chi connectivity index (χ0) is 25.0. The van der Waals surface area contributed by atoms with Crippen molar-refractivity contribution in [1.82, 2.24) is 15.1 Å². The lowest BCUT2D eigenvalue weighted by atomic mass is 9.97. The number of hydrogen-bond acceptors (Lipinski definition) is 5. The van der Waals surface area contributed by atoms with Crippen molar-refractivity contribution < 1.29 is 19.1 Å². The summed E-state index contributed by atoms with van der Waals surface area (Å²) in [6.07, 6.45) is 2.10. The van der Waals surface area contributed by atoms with E-state index in [4.69, 9.17) is 15.2 Å². The van der Waals surface area contributed by atoms with Gasteiger partial charge in [-0.05, 0) is 30.2 Å². The van der Waals surface area contributed by atoms with Crippen molar-refractivity contribution in [3.63, 3.8) is 0 Å². The van der Waals surface area contributed by atoms with E-state index in [2.05, 4.69) is 10.4 Å². The Kier molecular flexibility index (Phi) is 6.62. The van der Waals surface area contributed by atoms with Gasteiger partial charge in [-0.2, -0.15) is 5.10 Å². The Balaban J connectivity index is 1.46. The predicted octanol–water partition coefficient (Wildman–Crippen LogP) is 3.11. The second-order valence-corrected chi connectivity index (χ2v) is 8.47. The number of carbonyl (C=O) groups excluding carboxylic acids is 2. The maximum atomic E-state index is 13.6. The van der Waals surface area contributed by atoms with E-state index < -0.39 is 23.6 Å².